The monoisotopic (exact) mass is 271 g/mol. The van der Waals surface area contributed by atoms with Crippen molar-refractivity contribution in [1.82, 2.24) is 10.3 Å². The highest BCUT2D eigenvalue weighted by atomic mass is 16.5. The van der Waals surface area contributed by atoms with Crippen LogP contribution in [0.4, 0.5) is 5.69 Å². The number of aromatic nitrogens is 1. The molecule has 0 aliphatic carbocycles. The van der Waals surface area contributed by atoms with Gasteiger partial charge in [0, 0.05) is 24.0 Å². The lowest BCUT2D eigenvalue weighted by Crippen LogP contribution is -2.24. The van der Waals surface area contributed by atoms with Gasteiger partial charge in [0.05, 0.1) is 13.5 Å². The SMILES string of the molecule is COc1ncccc1CNC(=O)Cc1cccc(N)c1. The third-order valence-electron chi connectivity index (χ3n) is 2.84. The van der Waals surface area contributed by atoms with Gasteiger partial charge < -0.3 is 15.8 Å². The van der Waals surface area contributed by atoms with E-state index in [-0.39, 0.29) is 5.91 Å². The Kier molecular flexibility index (Phi) is 4.55. The van der Waals surface area contributed by atoms with Crippen LogP contribution in [0.2, 0.25) is 0 Å². The molecule has 20 heavy (non-hydrogen) atoms. The highest BCUT2D eigenvalue weighted by Crippen LogP contribution is 2.13. The minimum absolute atomic E-state index is 0.0680. The van der Waals surface area contributed by atoms with Crippen LogP contribution in [0, 0.1) is 0 Å². The molecular formula is C15H17N3O2. The summed E-state index contributed by atoms with van der Waals surface area (Å²) in [7, 11) is 1.56. The Hall–Kier alpha value is -2.56. The van der Waals surface area contributed by atoms with Crippen molar-refractivity contribution in [3.8, 4) is 5.88 Å². The normalized spacial score (nSPS) is 10.1. The number of nitrogens with one attached hydrogen (secondary N) is 1. The molecule has 0 atom stereocenters. The standard InChI is InChI=1S/C15H17N3O2/c1-20-15-12(5-3-7-17-15)10-18-14(19)9-11-4-2-6-13(16)8-11/h2-8H,9-10,16H2,1H3,(H,18,19). The highest BCUT2D eigenvalue weighted by molar-refractivity contribution is 5.78. The molecule has 1 amide bonds. The van der Waals surface area contributed by atoms with E-state index in [1.807, 2.05) is 24.3 Å². The second-order valence-corrected chi connectivity index (χ2v) is 4.37. The van der Waals surface area contributed by atoms with Crippen molar-refractivity contribution >= 4 is 11.6 Å². The van der Waals surface area contributed by atoms with E-state index in [9.17, 15) is 4.79 Å². The zero-order valence-electron chi connectivity index (χ0n) is 11.3. The van der Waals surface area contributed by atoms with E-state index in [1.54, 1.807) is 25.4 Å². The number of pyridine rings is 1. The van der Waals surface area contributed by atoms with Gasteiger partial charge in [-0.05, 0) is 23.8 Å². The second kappa shape index (κ2) is 6.56. The molecule has 0 fully saturated rings. The number of nitrogens with zero attached hydrogens (tertiary/aromatic N) is 1. The van der Waals surface area contributed by atoms with Gasteiger partial charge in [-0.1, -0.05) is 18.2 Å². The van der Waals surface area contributed by atoms with Crippen molar-refractivity contribution in [2.24, 2.45) is 0 Å². The molecule has 0 aliphatic heterocycles. The molecule has 1 heterocycles. The van der Waals surface area contributed by atoms with E-state index in [0.717, 1.165) is 11.1 Å². The zero-order chi connectivity index (χ0) is 14.4. The second-order valence-electron chi connectivity index (χ2n) is 4.37. The Morgan fingerprint density at radius 1 is 1.35 bits per heavy atom. The quantitative estimate of drug-likeness (QED) is 0.808. The van der Waals surface area contributed by atoms with E-state index in [0.29, 0.717) is 24.5 Å². The van der Waals surface area contributed by atoms with E-state index < -0.39 is 0 Å². The molecule has 2 rings (SSSR count). The molecular weight excluding hydrogens is 254 g/mol. The average Bonchev–Trinajstić information content (AvgIpc) is 2.45. The molecule has 2 aromatic rings. The number of carbonyl (C=O) groups excluding carboxylic acids is 1. The Bertz CT molecular complexity index is 599. The van der Waals surface area contributed by atoms with Gasteiger partial charge in [0.15, 0.2) is 0 Å². The summed E-state index contributed by atoms with van der Waals surface area (Å²) in [6.45, 7) is 0.387. The first kappa shape index (κ1) is 13.9. The smallest absolute Gasteiger partial charge is 0.224 e. The van der Waals surface area contributed by atoms with E-state index >= 15 is 0 Å². The number of nitrogens with two attached hydrogens (primary N) is 1. The van der Waals surface area contributed by atoms with Crippen molar-refractivity contribution in [3.05, 3.63) is 53.7 Å². The fraction of sp³-hybridized carbons (Fsp3) is 0.200. The first-order chi connectivity index (χ1) is 9.69. The maximum Gasteiger partial charge on any atom is 0.224 e. The van der Waals surface area contributed by atoms with Gasteiger partial charge >= 0.3 is 0 Å². The third-order valence-corrected chi connectivity index (χ3v) is 2.84. The number of amides is 1. The van der Waals surface area contributed by atoms with E-state index in [1.165, 1.54) is 0 Å². The minimum Gasteiger partial charge on any atom is -0.481 e. The molecule has 0 spiro atoms. The molecule has 0 bridgehead atoms. The van der Waals surface area contributed by atoms with Crippen LogP contribution in [-0.4, -0.2) is 18.0 Å². The maximum atomic E-state index is 11.9. The van der Waals surface area contributed by atoms with Gasteiger partial charge in [0.25, 0.3) is 0 Å². The molecule has 0 saturated carbocycles. The summed E-state index contributed by atoms with van der Waals surface area (Å²) in [4.78, 5) is 16.0. The fourth-order valence-electron chi connectivity index (χ4n) is 1.89. The Balaban J connectivity index is 1.92. The number of methoxy groups -OCH3 is 1. The van der Waals surface area contributed by atoms with E-state index in [4.69, 9.17) is 10.5 Å². The summed E-state index contributed by atoms with van der Waals surface area (Å²) in [5.74, 6) is 0.457. The van der Waals surface area contributed by atoms with Crippen LogP contribution in [0.15, 0.2) is 42.6 Å². The van der Waals surface area contributed by atoms with E-state index in [2.05, 4.69) is 10.3 Å². The van der Waals surface area contributed by atoms with Crippen LogP contribution in [0.5, 0.6) is 5.88 Å². The topological polar surface area (TPSA) is 77.2 Å². The molecule has 0 saturated heterocycles. The van der Waals surface area contributed by atoms with Crippen LogP contribution >= 0.6 is 0 Å². The summed E-state index contributed by atoms with van der Waals surface area (Å²) < 4.78 is 5.13. The van der Waals surface area contributed by atoms with Crippen molar-refractivity contribution in [3.63, 3.8) is 0 Å². The number of rotatable bonds is 5. The van der Waals surface area contributed by atoms with Gasteiger partial charge in [-0.15, -0.1) is 0 Å². The largest absolute Gasteiger partial charge is 0.481 e. The maximum absolute atomic E-state index is 11.9. The van der Waals surface area contributed by atoms with Gasteiger partial charge in [-0.25, -0.2) is 4.98 Å². The number of nitrogen functional groups attached to an aromatic ring is 1. The summed E-state index contributed by atoms with van der Waals surface area (Å²) in [5.41, 5.74) is 8.07. The zero-order valence-corrected chi connectivity index (χ0v) is 11.3. The lowest BCUT2D eigenvalue weighted by atomic mass is 10.1. The van der Waals surface area contributed by atoms with Crippen molar-refractivity contribution in [2.45, 2.75) is 13.0 Å². The molecule has 5 heteroatoms. The molecule has 0 radical (unpaired) electrons. The Morgan fingerprint density at radius 2 is 2.20 bits per heavy atom. The highest BCUT2D eigenvalue weighted by Gasteiger charge is 2.07. The molecule has 104 valence electrons. The Morgan fingerprint density at radius 3 is 2.95 bits per heavy atom. The van der Waals surface area contributed by atoms with Crippen LogP contribution < -0.4 is 15.8 Å². The first-order valence-electron chi connectivity index (χ1n) is 6.28. The van der Waals surface area contributed by atoms with Gasteiger partial charge in [-0.2, -0.15) is 0 Å². The third kappa shape index (κ3) is 3.71. The molecule has 1 aromatic heterocycles. The van der Waals surface area contributed by atoms with Crippen LogP contribution in [0.3, 0.4) is 0 Å². The van der Waals surface area contributed by atoms with Crippen LogP contribution in [0.1, 0.15) is 11.1 Å². The van der Waals surface area contributed by atoms with Crippen molar-refractivity contribution in [2.75, 3.05) is 12.8 Å². The van der Waals surface area contributed by atoms with Crippen molar-refractivity contribution < 1.29 is 9.53 Å². The summed E-state index contributed by atoms with van der Waals surface area (Å²) in [6, 6.07) is 11.0. The number of anilines is 1. The number of benzene rings is 1. The minimum atomic E-state index is -0.0680. The van der Waals surface area contributed by atoms with Crippen molar-refractivity contribution in [1.29, 1.82) is 0 Å². The lowest BCUT2D eigenvalue weighted by molar-refractivity contribution is -0.120. The fourth-order valence-corrected chi connectivity index (χ4v) is 1.89. The molecule has 0 unspecified atom stereocenters. The van der Waals surface area contributed by atoms with Gasteiger partial charge in [0.1, 0.15) is 0 Å². The number of ether oxygens (including phenoxy) is 1. The lowest BCUT2D eigenvalue weighted by Gasteiger charge is -2.08. The van der Waals surface area contributed by atoms with Crippen LogP contribution in [-0.2, 0) is 17.8 Å². The van der Waals surface area contributed by atoms with Gasteiger partial charge in [0.2, 0.25) is 11.8 Å². The molecule has 3 N–H and O–H groups in total. The number of hydrogen-bond donors (Lipinski definition) is 2. The number of carbonyl (C=O) groups is 1. The predicted octanol–water partition coefficient (Wildman–Crippen LogP) is 1.53. The molecule has 1 aromatic carbocycles. The average molecular weight is 271 g/mol. The number of hydrogen-bond acceptors (Lipinski definition) is 4. The molecule has 5 nitrogen and oxygen atoms in total. The molecule has 0 aliphatic rings. The van der Waals surface area contributed by atoms with Gasteiger partial charge in [-0.3, -0.25) is 4.79 Å². The first-order valence-corrected chi connectivity index (χ1v) is 6.28. The Labute approximate surface area is 117 Å². The summed E-state index contributed by atoms with van der Waals surface area (Å²) in [5, 5.41) is 2.84. The summed E-state index contributed by atoms with van der Waals surface area (Å²) in [6.07, 6.45) is 1.95. The predicted molar refractivity (Wildman–Crippen MR) is 77.2 cm³/mol. The summed E-state index contributed by atoms with van der Waals surface area (Å²) >= 11 is 0. The van der Waals surface area contributed by atoms with Crippen LogP contribution in [0.25, 0.3) is 0 Å².